The molecule has 0 amide bonds. The van der Waals surface area contributed by atoms with Crippen molar-refractivity contribution in [3.05, 3.63) is 59.9 Å². The fourth-order valence-corrected chi connectivity index (χ4v) is 4.43. The van der Waals surface area contributed by atoms with E-state index in [-0.39, 0.29) is 0 Å². The van der Waals surface area contributed by atoms with Gasteiger partial charge in [-0.15, -0.1) is 0 Å². The maximum atomic E-state index is 9.52. The first-order valence-corrected chi connectivity index (χ1v) is 11.1. The third-order valence-electron chi connectivity index (χ3n) is 6.49. The molecule has 1 saturated carbocycles. The van der Waals surface area contributed by atoms with Crippen LogP contribution in [0.15, 0.2) is 57.5 Å². The molecule has 0 aliphatic heterocycles. The van der Waals surface area contributed by atoms with Crippen LogP contribution in [0.5, 0.6) is 0 Å². The molecule has 166 valence electrons. The first kappa shape index (κ1) is 20.9. The van der Waals surface area contributed by atoms with Crippen molar-refractivity contribution in [3.63, 3.8) is 0 Å². The van der Waals surface area contributed by atoms with Gasteiger partial charge in [-0.1, -0.05) is 36.6 Å². The van der Waals surface area contributed by atoms with Gasteiger partial charge in [-0.05, 0) is 60.7 Å². The summed E-state index contributed by atoms with van der Waals surface area (Å²) in [5.41, 5.74) is 8.35. The van der Waals surface area contributed by atoms with Crippen LogP contribution in [0.25, 0.3) is 33.8 Å². The van der Waals surface area contributed by atoms with Gasteiger partial charge < -0.3 is 24.9 Å². The van der Waals surface area contributed by atoms with Gasteiger partial charge in [0.2, 0.25) is 5.82 Å². The Morgan fingerprint density at radius 3 is 2.38 bits per heavy atom. The lowest BCUT2D eigenvalue weighted by Gasteiger charge is -2.21. The van der Waals surface area contributed by atoms with Crippen LogP contribution in [0.1, 0.15) is 49.3 Å². The summed E-state index contributed by atoms with van der Waals surface area (Å²) in [5, 5.41) is 24.0. The van der Waals surface area contributed by atoms with Crippen molar-refractivity contribution in [1.82, 2.24) is 10.1 Å². The molecule has 0 atom stereocenters. The number of aliphatic hydroxyl groups is 2. The topological polar surface area (TPSA) is 119 Å². The van der Waals surface area contributed by atoms with E-state index < -0.39 is 18.8 Å². The van der Waals surface area contributed by atoms with E-state index >= 15 is 0 Å². The summed E-state index contributed by atoms with van der Waals surface area (Å²) < 4.78 is 11.3. The highest BCUT2D eigenvalue weighted by molar-refractivity contribution is 5.83. The summed E-state index contributed by atoms with van der Waals surface area (Å²) >= 11 is 0. The Labute approximate surface area is 185 Å². The van der Waals surface area contributed by atoms with E-state index in [9.17, 15) is 10.2 Å². The van der Waals surface area contributed by atoms with Gasteiger partial charge in [0, 0.05) is 16.5 Å². The highest BCUT2D eigenvalue weighted by atomic mass is 16.5. The molecular formula is C25H27N3O4. The third-order valence-corrected chi connectivity index (χ3v) is 6.49. The monoisotopic (exact) mass is 433 g/mol. The zero-order valence-corrected chi connectivity index (χ0v) is 17.8. The second kappa shape index (κ2) is 8.50. The molecule has 0 radical (unpaired) electrons. The molecule has 0 spiro atoms. The lowest BCUT2D eigenvalue weighted by Crippen LogP contribution is -2.43. The Hall–Kier alpha value is -3.00. The van der Waals surface area contributed by atoms with Crippen molar-refractivity contribution in [1.29, 1.82) is 0 Å². The maximum Gasteiger partial charge on any atom is 0.258 e. The summed E-state index contributed by atoms with van der Waals surface area (Å²) in [6.07, 6.45) is 6.51. The molecule has 2 aromatic heterocycles. The van der Waals surface area contributed by atoms with Crippen molar-refractivity contribution < 1.29 is 19.2 Å². The van der Waals surface area contributed by atoms with Gasteiger partial charge in [-0.2, -0.15) is 4.98 Å². The van der Waals surface area contributed by atoms with E-state index in [4.69, 9.17) is 14.7 Å². The predicted molar refractivity (Wildman–Crippen MR) is 121 cm³/mol. The van der Waals surface area contributed by atoms with E-state index in [1.165, 1.54) is 37.7 Å². The number of hydrogen-bond acceptors (Lipinski definition) is 7. The van der Waals surface area contributed by atoms with Crippen LogP contribution in [-0.2, 0) is 5.54 Å². The summed E-state index contributed by atoms with van der Waals surface area (Å²) in [7, 11) is 0. The second-order valence-electron chi connectivity index (χ2n) is 8.72. The first-order valence-electron chi connectivity index (χ1n) is 11.1. The van der Waals surface area contributed by atoms with Gasteiger partial charge in [0.1, 0.15) is 16.9 Å². The largest absolute Gasteiger partial charge is 0.459 e. The Morgan fingerprint density at radius 1 is 0.938 bits per heavy atom. The number of hydrogen-bond donors (Lipinski definition) is 3. The molecule has 7 nitrogen and oxygen atoms in total. The molecule has 32 heavy (non-hydrogen) atoms. The minimum atomic E-state index is -1.33. The van der Waals surface area contributed by atoms with Crippen molar-refractivity contribution in [2.24, 2.45) is 5.73 Å². The molecule has 2 aromatic carbocycles. The minimum absolute atomic E-state index is 0.321. The zero-order valence-electron chi connectivity index (χ0n) is 17.8. The zero-order chi connectivity index (χ0) is 22.1. The molecule has 2 heterocycles. The Bertz CT molecular complexity index is 1200. The SMILES string of the molecule is NC(CO)(CO)c1cc2cc(-c3noc(-c4ccc(C5CCCCC5)cc4)n3)ccc2o1. The molecule has 0 unspecified atom stereocenters. The highest BCUT2D eigenvalue weighted by Crippen LogP contribution is 2.34. The van der Waals surface area contributed by atoms with Gasteiger partial charge in [0.25, 0.3) is 5.89 Å². The number of rotatable bonds is 6. The molecule has 7 heteroatoms. The van der Waals surface area contributed by atoms with Crippen molar-refractivity contribution >= 4 is 11.0 Å². The fraction of sp³-hybridized carbons (Fsp3) is 0.360. The lowest BCUT2D eigenvalue weighted by atomic mass is 9.84. The van der Waals surface area contributed by atoms with E-state index in [1.54, 1.807) is 12.1 Å². The van der Waals surface area contributed by atoms with E-state index in [0.717, 1.165) is 16.5 Å². The predicted octanol–water partition coefficient (Wildman–Crippen LogP) is 4.34. The molecule has 1 aliphatic carbocycles. The number of fused-ring (bicyclic) bond motifs is 1. The molecule has 1 aliphatic rings. The van der Waals surface area contributed by atoms with Crippen molar-refractivity contribution in [3.8, 4) is 22.8 Å². The molecule has 0 saturated heterocycles. The summed E-state index contributed by atoms with van der Waals surface area (Å²) in [4.78, 5) is 4.57. The van der Waals surface area contributed by atoms with Crippen LogP contribution in [0.2, 0.25) is 0 Å². The molecule has 5 rings (SSSR count). The van der Waals surface area contributed by atoms with Gasteiger partial charge in [0.05, 0.1) is 13.2 Å². The Morgan fingerprint density at radius 2 is 1.66 bits per heavy atom. The number of furan rings is 1. The van der Waals surface area contributed by atoms with Crippen molar-refractivity contribution in [2.45, 2.75) is 43.6 Å². The van der Waals surface area contributed by atoms with Gasteiger partial charge in [0.15, 0.2) is 0 Å². The number of nitrogens with two attached hydrogens (primary N) is 1. The average molecular weight is 434 g/mol. The number of aromatic nitrogens is 2. The van der Waals surface area contributed by atoms with Gasteiger partial charge >= 0.3 is 0 Å². The summed E-state index contributed by atoms with van der Waals surface area (Å²) in [6.45, 7) is -0.853. The normalized spacial score (nSPS) is 15.5. The Kier molecular flexibility index (Phi) is 5.55. The summed E-state index contributed by atoms with van der Waals surface area (Å²) in [5.74, 6) is 1.93. The van der Waals surface area contributed by atoms with Gasteiger partial charge in [-0.25, -0.2) is 0 Å². The summed E-state index contributed by atoms with van der Waals surface area (Å²) in [6, 6.07) is 15.7. The lowest BCUT2D eigenvalue weighted by molar-refractivity contribution is 0.105. The second-order valence-corrected chi connectivity index (χ2v) is 8.72. The third kappa shape index (κ3) is 3.83. The van der Waals surface area contributed by atoms with Gasteiger partial charge in [-0.3, -0.25) is 0 Å². The number of nitrogens with zero attached hydrogens (tertiary/aromatic N) is 2. The number of benzene rings is 2. The van der Waals surface area contributed by atoms with Crippen LogP contribution in [0.4, 0.5) is 0 Å². The van der Waals surface area contributed by atoms with E-state index in [2.05, 4.69) is 34.4 Å². The molecule has 4 N–H and O–H groups in total. The van der Waals surface area contributed by atoms with Crippen LogP contribution in [-0.4, -0.2) is 33.6 Å². The Balaban J connectivity index is 1.39. The van der Waals surface area contributed by atoms with Crippen molar-refractivity contribution in [2.75, 3.05) is 13.2 Å². The minimum Gasteiger partial charge on any atom is -0.459 e. The van der Waals surface area contributed by atoms with Crippen LogP contribution in [0, 0.1) is 0 Å². The first-order chi connectivity index (χ1) is 15.6. The van der Waals surface area contributed by atoms with Crippen LogP contribution >= 0.6 is 0 Å². The van der Waals surface area contributed by atoms with Crippen LogP contribution < -0.4 is 5.73 Å². The molecule has 4 aromatic rings. The standard InChI is InChI=1S/C25H27N3O4/c26-25(14-29,15-30)22-13-20-12-19(10-11-21(20)31-22)23-27-24(32-28-23)18-8-6-17(7-9-18)16-4-2-1-3-5-16/h6-13,16,29-30H,1-5,14-15,26H2. The molecule has 1 fully saturated rings. The maximum absolute atomic E-state index is 9.52. The number of aliphatic hydroxyl groups excluding tert-OH is 2. The average Bonchev–Trinajstić information content (AvgIpc) is 3.51. The molecule has 0 bridgehead atoms. The fourth-order valence-electron chi connectivity index (χ4n) is 4.43. The quantitative estimate of drug-likeness (QED) is 0.414. The highest BCUT2D eigenvalue weighted by Gasteiger charge is 2.30. The van der Waals surface area contributed by atoms with Crippen LogP contribution in [0.3, 0.4) is 0 Å². The van der Waals surface area contributed by atoms with E-state index in [1.807, 2.05) is 12.1 Å². The smallest absolute Gasteiger partial charge is 0.258 e. The molecular weight excluding hydrogens is 406 g/mol. The van der Waals surface area contributed by atoms with E-state index in [0.29, 0.717) is 29.0 Å².